The molecule has 0 aromatic heterocycles. The lowest BCUT2D eigenvalue weighted by molar-refractivity contribution is -0.385. The van der Waals surface area contributed by atoms with Gasteiger partial charge in [0.05, 0.1) is 10.5 Å². The van der Waals surface area contributed by atoms with Gasteiger partial charge in [-0.1, -0.05) is 30.4 Å². The Morgan fingerprint density at radius 3 is 2.89 bits per heavy atom. The highest BCUT2D eigenvalue weighted by molar-refractivity contribution is 5.92. The van der Waals surface area contributed by atoms with E-state index in [4.69, 9.17) is 0 Å². The van der Waals surface area contributed by atoms with Crippen LogP contribution in [0.2, 0.25) is 0 Å². The van der Waals surface area contributed by atoms with Crippen LogP contribution in [0.15, 0.2) is 42.5 Å². The van der Waals surface area contributed by atoms with Crippen molar-refractivity contribution in [1.29, 1.82) is 0 Å². The second-order valence-electron chi connectivity index (χ2n) is 4.53. The standard InChI is InChI=1S/C15H15NO3/c17-15-11-4-2-7-13(15)9-5-8-12-6-1-3-10-14(12)16(18)19/h1,3-6,8,10-11,13H,2,7,9H2. The molecule has 0 N–H and O–H groups in total. The van der Waals surface area contributed by atoms with Crippen LogP contribution < -0.4 is 0 Å². The van der Waals surface area contributed by atoms with Gasteiger partial charge in [-0.3, -0.25) is 14.9 Å². The molecule has 1 aromatic carbocycles. The third kappa shape index (κ3) is 3.37. The van der Waals surface area contributed by atoms with Crippen LogP contribution in [0.25, 0.3) is 6.08 Å². The maximum atomic E-state index is 11.6. The summed E-state index contributed by atoms with van der Waals surface area (Å²) in [6.07, 6.45) is 9.52. The van der Waals surface area contributed by atoms with Crippen LogP contribution in [-0.4, -0.2) is 10.7 Å². The number of benzene rings is 1. The maximum absolute atomic E-state index is 11.6. The predicted octanol–water partition coefficient (Wildman–Crippen LogP) is 3.53. The molecule has 2 rings (SSSR count). The molecule has 4 heteroatoms. The molecule has 1 aliphatic carbocycles. The van der Waals surface area contributed by atoms with E-state index in [-0.39, 0.29) is 17.4 Å². The van der Waals surface area contributed by atoms with Gasteiger partial charge in [-0.15, -0.1) is 0 Å². The van der Waals surface area contributed by atoms with Gasteiger partial charge in [-0.2, -0.15) is 0 Å². The SMILES string of the molecule is O=C1C=CCCC1CC=Cc1ccccc1[N+](=O)[O-]. The summed E-state index contributed by atoms with van der Waals surface area (Å²) in [6.45, 7) is 0. The summed E-state index contributed by atoms with van der Waals surface area (Å²) in [5.41, 5.74) is 0.667. The van der Waals surface area contributed by atoms with Crippen LogP contribution in [0.5, 0.6) is 0 Å². The third-order valence-corrected chi connectivity index (χ3v) is 3.22. The van der Waals surface area contributed by atoms with E-state index in [0.717, 1.165) is 12.8 Å². The molecular weight excluding hydrogens is 242 g/mol. The number of hydrogen-bond donors (Lipinski definition) is 0. The summed E-state index contributed by atoms with van der Waals surface area (Å²) in [4.78, 5) is 22.0. The molecule has 0 bridgehead atoms. The van der Waals surface area contributed by atoms with Crippen molar-refractivity contribution in [2.45, 2.75) is 19.3 Å². The van der Waals surface area contributed by atoms with Crippen molar-refractivity contribution in [3.63, 3.8) is 0 Å². The van der Waals surface area contributed by atoms with Gasteiger partial charge in [0.1, 0.15) is 0 Å². The number of carbonyl (C=O) groups excluding carboxylic acids is 1. The number of hydrogen-bond acceptors (Lipinski definition) is 3. The molecule has 0 saturated carbocycles. The Kier molecular flexibility index (Phi) is 4.23. The van der Waals surface area contributed by atoms with Crippen molar-refractivity contribution in [2.75, 3.05) is 0 Å². The lowest BCUT2D eigenvalue weighted by Gasteiger charge is -2.13. The number of nitrogens with zero attached hydrogens (tertiary/aromatic N) is 1. The molecule has 0 radical (unpaired) electrons. The van der Waals surface area contributed by atoms with Crippen LogP contribution in [0.1, 0.15) is 24.8 Å². The number of ketones is 1. The first-order valence-electron chi connectivity index (χ1n) is 6.29. The van der Waals surface area contributed by atoms with Crippen molar-refractivity contribution in [2.24, 2.45) is 5.92 Å². The minimum atomic E-state index is -0.395. The van der Waals surface area contributed by atoms with E-state index in [0.29, 0.717) is 12.0 Å². The van der Waals surface area contributed by atoms with Crippen molar-refractivity contribution < 1.29 is 9.72 Å². The number of carbonyl (C=O) groups is 1. The second-order valence-corrected chi connectivity index (χ2v) is 4.53. The molecule has 0 spiro atoms. The Morgan fingerprint density at radius 2 is 2.16 bits per heavy atom. The fraction of sp³-hybridized carbons (Fsp3) is 0.267. The molecule has 1 unspecified atom stereocenters. The Hall–Kier alpha value is -2.23. The molecule has 0 saturated heterocycles. The smallest absolute Gasteiger partial charge is 0.276 e. The zero-order valence-electron chi connectivity index (χ0n) is 10.5. The largest absolute Gasteiger partial charge is 0.295 e. The minimum Gasteiger partial charge on any atom is -0.295 e. The molecule has 1 aliphatic rings. The van der Waals surface area contributed by atoms with Gasteiger partial charge in [-0.25, -0.2) is 0 Å². The molecule has 1 aromatic rings. The van der Waals surface area contributed by atoms with E-state index in [2.05, 4.69) is 0 Å². The van der Waals surface area contributed by atoms with Gasteiger partial charge in [0.2, 0.25) is 0 Å². The average Bonchev–Trinajstić information content (AvgIpc) is 2.41. The van der Waals surface area contributed by atoms with Crippen molar-refractivity contribution in [1.82, 2.24) is 0 Å². The van der Waals surface area contributed by atoms with Crippen LogP contribution in [0.3, 0.4) is 0 Å². The zero-order chi connectivity index (χ0) is 13.7. The van der Waals surface area contributed by atoms with E-state index in [1.807, 2.05) is 12.2 Å². The minimum absolute atomic E-state index is 0.0176. The topological polar surface area (TPSA) is 60.2 Å². The number of para-hydroxylation sites is 1. The monoisotopic (exact) mass is 257 g/mol. The number of nitro benzene ring substituents is 1. The zero-order valence-corrected chi connectivity index (χ0v) is 10.5. The van der Waals surface area contributed by atoms with E-state index in [1.54, 1.807) is 30.4 Å². The summed E-state index contributed by atoms with van der Waals surface area (Å²) >= 11 is 0. The normalized spacial score (nSPS) is 18.9. The van der Waals surface area contributed by atoms with E-state index in [1.165, 1.54) is 6.07 Å². The van der Waals surface area contributed by atoms with Crippen LogP contribution in [0, 0.1) is 16.0 Å². The number of nitro groups is 1. The molecular formula is C15H15NO3. The lowest BCUT2D eigenvalue weighted by atomic mass is 9.90. The molecule has 98 valence electrons. The molecule has 0 aliphatic heterocycles. The first-order valence-corrected chi connectivity index (χ1v) is 6.29. The number of rotatable bonds is 4. The van der Waals surface area contributed by atoms with Gasteiger partial charge < -0.3 is 0 Å². The highest BCUT2D eigenvalue weighted by Gasteiger charge is 2.17. The Morgan fingerprint density at radius 1 is 1.37 bits per heavy atom. The first kappa shape index (κ1) is 13.2. The van der Waals surface area contributed by atoms with Crippen molar-refractivity contribution in [3.05, 3.63) is 58.2 Å². The summed E-state index contributed by atoms with van der Waals surface area (Å²) in [5, 5.41) is 10.8. The molecule has 1 atom stereocenters. The summed E-state index contributed by atoms with van der Waals surface area (Å²) in [5.74, 6) is 0.169. The van der Waals surface area contributed by atoms with E-state index >= 15 is 0 Å². The highest BCUT2D eigenvalue weighted by Crippen LogP contribution is 2.22. The first-order chi connectivity index (χ1) is 9.18. The summed E-state index contributed by atoms with van der Waals surface area (Å²) < 4.78 is 0. The van der Waals surface area contributed by atoms with Crippen LogP contribution in [-0.2, 0) is 4.79 Å². The Labute approximate surface area is 111 Å². The van der Waals surface area contributed by atoms with Gasteiger partial charge in [0.15, 0.2) is 5.78 Å². The van der Waals surface area contributed by atoms with E-state index < -0.39 is 4.92 Å². The predicted molar refractivity (Wildman–Crippen MR) is 73.6 cm³/mol. The van der Waals surface area contributed by atoms with Crippen molar-refractivity contribution in [3.8, 4) is 0 Å². The average molecular weight is 257 g/mol. The fourth-order valence-electron chi connectivity index (χ4n) is 2.16. The second kappa shape index (κ2) is 6.09. The van der Waals surface area contributed by atoms with Crippen LogP contribution in [0.4, 0.5) is 5.69 Å². The quantitative estimate of drug-likeness (QED) is 0.612. The lowest BCUT2D eigenvalue weighted by Crippen LogP contribution is -2.13. The van der Waals surface area contributed by atoms with Gasteiger partial charge >= 0.3 is 0 Å². The van der Waals surface area contributed by atoms with Crippen LogP contribution >= 0.6 is 0 Å². The maximum Gasteiger partial charge on any atom is 0.276 e. The third-order valence-electron chi connectivity index (χ3n) is 3.22. The van der Waals surface area contributed by atoms with Crippen molar-refractivity contribution >= 4 is 17.5 Å². The van der Waals surface area contributed by atoms with Gasteiger partial charge in [-0.05, 0) is 31.4 Å². The molecule has 0 fully saturated rings. The van der Waals surface area contributed by atoms with Gasteiger partial charge in [0, 0.05) is 12.0 Å². The summed E-state index contributed by atoms with van der Waals surface area (Å²) in [6, 6.07) is 6.59. The fourth-order valence-corrected chi connectivity index (χ4v) is 2.16. The molecule has 0 heterocycles. The number of allylic oxidation sites excluding steroid dienone is 3. The van der Waals surface area contributed by atoms with E-state index in [9.17, 15) is 14.9 Å². The molecule has 4 nitrogen and oxygen atoms in total. The highest BCUT2D eigenvalue weighted by atomic mass is 16.6. The van der Waals surface area contributed by atoms with Gasteiger partial charge in [0.25, 0.3) is 5.69 Å². The Balaban J connectivity index is 2.05. The summed E-state index contributed by atoms with van der Waals surface area (Å²) in [7, 11) is 0. The molecule has 19 heavy (non-hydrogen) atoms. The Bertz CT molecular complexity index is 546. The molecule has 0 amide bonds.